The fourth-order valence-corrected chi connectivity index (χ4v) is 7.33. The summed E-state index contributed by atoms with van der Waals surface area (Å²) in [5, 5.41) is 23.7. The van der Waals surface area contributed by atoms with Gasteiger partial charge in [-0.2, -0.15) is 0 Å². The number of hydrogen-bond donors (Lipinski definition) is 4. The minimum atomic E-state index is -0.744. The van der Waals surface area contributed by atoms with Crippen molar-refractivity contribution >= 4 is 34.3 Å². The van der Waals surface area contributed by atoms with Crippen LogP contribution in [0.5, 0.6) is 11.8 Å². The molecule has 5 aromatic rings. The Morgan fingerprint density at radius 1 is 0.902 bits per heavy atom. The molecule has 7 rings (SSSR count). The molecule has 262 valence electrons. The van der Waals surface area contributed by atoms with Crippen LogP contribution in [0.1, 0.15) is 52.1 Å². The minimum Gasteiger partial charge on any atom is -0.492 e. The largest absolute Gasteiger partial charge is 0.492 e. The molecule has 3 aromatic carbocycles. The van der Waals surface area contributed by atoms with Crippen molar-refractivity contribution < 1.29 is 29.4 Å². The van der Waals surface area contributed by atoms with Gasteiger partial charge in [0, 0.05) is 73.6 Å². The Labute approximate surface area is 295 Å². The summed E-state index contributed by atoms with van der Waals surface area (Å²) in [6.45, 7) is 7.30. The van der Waals surface area contributed by atoms with Crippen LogP contribution in [0.3, 0.4) is 0 Å². The molecule has 0 fully saturated rings. The van der Waals surface area contributed by atoms with Crippen LogP contribution >= 0.6 is 0 Å². The van der Waals surface area contributed by atoms with Gasteiger partial charge in [0.1, 0.15) is 0 Å². The van der Waals surface area contributed by atoms with Gasteiger partial charge in [0.2, 0.25) is 17.7 Å². The molecule has 0 bridgehead atoms. The minimum absolute atomic E-state index is 0.160. The van der Waals surface area contributed by atoms with E-state index in [4.69, 9.17) is 4.84 Å². The van der Waals surface area contributed by atoms with E-state index in [9.17, 15) is 24.6 Å². The standard InChI is InChI=1S/C40H41N5O6/c1-3-43(4-2)39(49)30-21-32-31-7-5-8-33-37(31)29(23-42-33)22-34(32)44(24-30)20-6-19-41-38(48)27-13-9-25(10-14-27)26-11-15-28(16-12-26)40(50)51-45-35(46)17-18-36(45)47/h5,7-18,21,23,30,34,42,46-47H,3-4,6,19-20,22,24H2,1-2H3,(H,41,48)/t30-,34-/m1/s1. The lowest BCUT2D eigenvalue weighted by molar-refractivity contribution is -0.134. The Kier molecular flexibility index (Phi) is 9.38. The van der Waals surface area contributed by atoms with Crippen molar-refractivity contribution in [2.45, 2.75) is 32.7 Å². The molecule has 1 aliphatic heterocycles. The molecule has 2 atom stereocenters. The number of carbonyl (C=O) groups is 3. The van der Waals surface area contributed by atoms with E-state index in [-0.39, 0.29) is 29.3 Å². The molecule has 1 aliphatic carbocycles. The van der Waals surface area contributed by atoms with Crippen LogP contribution in [0.2, 0.25) is 0 Å². The van der Waals surface area contributed by atoms with E-state index in [2.05, 4.69) is 45.7 Å². The number of carbonyl (C=O) groups excluding carboxylic acids is 3. The van der Waals surface area contributed by atoms with Crippen molar-refractivity contribution in [1.82, 2.24) is 24.8 Å². The molecule has 0 saturated heterocycles. The summed E-state index contributed by atoms with van der Waals surface area (Å²) < 4.78 is 0.641. The second kappa shape index (κ2) is 14.2. The Morgan fingerprint density at radius 3 is 2.24 bits per heavy atom. The average Bonchev–Trinajstić information content (AvgIpc) is 3.72. The normalized spacial score (nSPS) is 16.7. The van der Waals surface area contributed by atoms with Crippen LogP contribution in [0.15, 0.2) is 91.1 Å². The highest BCUT2D eigenvalue weighted by atomic mass is 16.7. The van der Waals surface area contributed by atoms with Gasteiger partial charge < -0.3 is 30.3 Å². The predicted octanol–water partition coefficient (Wildman–Crippen LogP) is 5.25. The van der Waals surface area contributed by atoms with Crippen LogP contribution in [0, 0.1) is 5.92 Å². The van der Waals surface area contributed by atoms with E-state index < -0.39 is 17.7 Å². The summed E-state index contributed by atoms with van der Waals surface area (Å²) in [7, 11) is 0. The molecule has 4 N–H and O–H groups in total. The van der Waals surface area contributed by atoms with Gasteiger partial charge in [0.25, 0.3) is 5.91 Å². The summed E-state index contributed by atoms with van der Waals surface area (Å²) in [4.78, 5) is 52.0. The Bertz CT molecular complexity index is 2090. The number of aromatic amines is 1. The summed E-state index contributed by atoms with van der Waals surface area (Å²) in [6, 6.07) is 22.9. The average molecular weight is 688 g/mol. The van der Waals surface area contributed by atoms with E-state index in [1.165, 1.54) is 34.2 Å². The molecule has 2 aromatic heterocycles. The number of amides is 2. The SMILES string of the molecule is CCN(CC)C(=O)[C@@H]1C=C2c3cccc4[nH]cc(c34)C[C@H]2N(CCCNC(=O)c2ccc(-c3ccc(C(=O)On4c(O)ccc4O)cc3)cc2)C1. The lowest BCUT2D eigenvalue weighted by atomic mass is 9.79. The summed E-state index contributed by atoms with van der Waals surface area (Å²) >= 11 is 0. The number of hydrogen-bond acceptors (Lipinski definition) is 7. The van der Waals surface area contributed by atoms with E-state index in [0.29, 0.717) is 36.5 Å². The smallest absolute Gasteiger partial charge is 0.363 e. The Hall–Kier alpha value is -5.81. The number of fused-ring (bicyclic) bond motifs is 2. The maximum Gasteiger partial charge on any atom is 0.363 e. The fourth-order valence-electron chi connectivity index (χ4n) is 7.33. The van der Waals surface area contributed by atoms with E-state index >= 15 is 0 Å². The molecule has 2 aliphatic rings. The Balaban J connectivity index is 0.965. The third-order valence-corrected chi connectivity index (χ3v) is 10.00. The molecular weight excluding hydrogens is 646 g/mol. The highest BCUT2D eigenvalue weighted by Gasteiger charge is 2.37. The summed E-state index contributed by atoms with van der Waals surface area (Å²) in [5.41, 5.74) is 7.32. The molecule has 11 heteroatoms. The van der Waals surface area contributed by atoms with Crippen LogP contribution in [-0.4, -0.2) is 86.3 Å². The maximum absolute atomic E-state index is 13.6. The van der Waals surface area contributed by atoms with Crippen molar-refractivity contribution in [2.75, 3.05) is 32.7 Å². The van der Waals surface area contributed by atoms with E-state index in [1.807, 2.05) is 30.9 Å². The summed E-state index contributed by atoms with van der Waals surface area (Å²) in [5.74, 6) is -1.76. The zero-order valence-electron chi connectivity index (χ0n) is 28.6. The van der Waals surface area contributed by atoms with Crippen molar-refractivity contribution in [3.05, 3.63) is 113 Å². The van der Waals surface area contributed by atoms with Gasteiger partial charge in [-0.15, -0.1) is 4.73 Å². The number of rotatable bonds is 11. The molecule has 3 heterocycles. The first-order valence-corrected chi connectivity index (χ1v) is 17.4. The zero-order valence-corrected chi connectivity index (χ0v) is 28.6. The van der Waals surface area contributed by atoms with Crippen molar-refractivity contribution in [3.63, 3.8) is 0 Å². The first kappa shape index (κ1) is 33.7. The van der Waals surface area contributed by atoms with Crippen molar-refractivity contribution in [2.24, 2.45) is 5.92 Å². The van der Waals surface area contributed by atoms with Crippen LogP contribution in [0.4, 0.5) is 0 Å². The monoisotopic (exact) mass is 687 g/mol. The lowest BCUT2D eigenvalue weighted by Crippen LogP contribution is -2.50. The van der Waals surface area contributed by atoms with Gasteiger partial charge in [-0.05, 0) is 84.8 Å². The van der Waals surface area contributed by atoms with Gasteiger partial charge in [0.05, 0.1) is 11.5 Å². The van der Waals surface area contributed by atoms with Gasteiger partial charge >= 0.3 is 5.97 Å². The topological polar surface area (TPSA) is 140 Å². The van der Waals surface area contributed by atoms with Crippen LogP contribution < -0.4 is 10.2 Å². The van der Waals surface area contributed by atoms with E-state index in [0.717, 1.165) is 36.0 Å². The number of benzene rings is 3. The van der Waals surface area contributed by atoms with Gasteiger partial charge in [-0.25, -0.2) is 4.79 Å². The Morgan fingerprint density at radius 2 is 1.57 bits per heavy atom. The first-order chi connectivity index (χ1) is 24.7. The molecule has 2 amide bonds. The third kappa shape index (κ3) is 6.60. The number of nitrogens with zero attached hydrogens (tertiary/aromatic N) is 3. The van der Waals surface area contributed by atoms with Crippen LogP contribution in [-0.2, 0) is 11.2 Å². The second-order valence-corrected chi connectivity index (χ2v) is 13.0. The predicted molar refractivity (Wildman–Crippen MR) is 194 cm³/mol. The number of aromatic hydroxyl groups is 2. The van der Waals surface area contributed by atoms with E-state index in [1.54, 1.807) is 36.4 Å². The highest BCUT2D eigenvalue weighted by Crippen LogP contribution is 2.41. The number of nitrogens with one attached hydrogen (secondary N) is 2. The van der Waals surface area contributed by atoms with Gasteiger partial charge in [-0.1, -0.05) is 42.5 Å². The molecule has 0 unspecified atom stereocenters. The molecule has 11 nitrogen and oxygen atoms in total. The molecule has 51 heavy (non-hydrogen) atoms. The molecule has 0 saturated carbocycles. The van der Waals surface area contributed by atoms with Crippen molar-refractivity contribution in [3.8, 4) is 22.9 Å². The zero-order chi connectivity index (χ0) is 35.6. The fraction of sp³-hybridized carbons (Fsp3) is 0.275. The van der Waals surface area contributed by atoms with Crippen LogP contribution in [0.25, 0.3) is 27.6 Å². The second-order valence-electron chi connectivity index (χ2n) is 13.0. The maximum atomic E-state index is 13.6. The number of aromatic nitrogens is 2. The lowest BCUT2D eigenvalue weighted by Gasteiger charge is -2.42. The van der Waals surface area contributed by atoms with Gasteiger partial charge in [-0.3, -0.25) is 14.5 Å². The summed E-state index contributed by atoms with van der Waals surface area (Å²) in [6.07, 6.45) is 5.94. The molecule has 0 spiro atoms. The quantitative estimate of drug-likeness (QED) is 0.139. The molecular formula is C40H41N5O6. The third-order valence-electron chi connectivity index (χ3n) is 10.00. The number of H-pyrrole nitrogens is 1. The first-order valence-electron chi connectivity index (χ1n) is 17.4. The van der Waals surface area contributed by atoms with Crippen molar-refractivity contribution in [1.29, 1.82) is 0 Å². The van der Waals surface area contributed by atoms with Gasteiger partial charge in [0.15, 0.2) is 0 Å². The molecule has 0 radical (unpaired) electrons. The highest BCUT2D eigenvalue weighted by molar-refractivity contribution is 5.99.